The maximum atomic E-state index is 9.85. The maximum Gasteiger partial charge on any atom is 0.0897 e. The van der Waals surface area contributed by atoms with Gasteiger partial charge in [-0.15, -0.1) is 0 Å². The summed E-state index contributed by atoms with van der Waals surface area (Å²) in [5.74, 6) is 1.34. The van der Waals surface area contributed by atoms with Crippen LogP contribution in [0.5, 0.6) is 0 Å². The Balaban J connectivity index is 1.72. The van der Waals surface area contributed by atoms with Crippen LogP contribution < -0.4 is 5.32 Å². The summed E-state index contributed by atoms with van der Waals surface area (Å²) in [6.07, 6.45) is 4.69. The molecule has 1 aromatic rings. The first-order chi connectivity index (χ1) is 9.79. The molecule has 0 radical (unpaired) electrons. The Morgan fingerprint density at radius 1 is 1.35 bits per heavy atom. The van der Waals surface area contributed by atoms with Crippen LogP contribution in [0.15, 0.2) is 24.3 Å². The normalized spacial score (nSPS) is 29.8. The maximum absolute atomic E-state index is 9.85. The molecular formula is C17H25NO2. The third kappa shape index (κ3) is 2.76. The van der Waals surface area contributed by atoms with Crippen molar-refractivity contribution in [2.45, 2.75) is 43.7 Å². The fourth-order valence-electron chi connectivity index (χ4n) is 4.06. The Morgan fingerprint density at radius 2 is 2.20 bits per heavy atom. The highest BCUT2D eigenvalue weighted by Gasteiger charge is 2.38. The molecule has 4 atom stereocenters. The fourth-order valence-corrected chi connectivity index (χ4v) is 4.06. The second-order valence-electron chi connectivity index (χ2n) is 6.24. The van der Waals surface area contributed by atoms with Crippen molar-refractivity contribution < 1.29 is 9.84 Å². The van der Waals surface area contributed by atoms with E-state index < -0.39 is 6.10 Å². The Hall–Kier alpha value is -0.900. The highest BCUT2D eigenvalue weighted by Crippen LogP contribution is 2.43. The van der Waals surface area contributed by atoms with Gasteiger partial charge < -0.3 is 15.2 Å². The summed E-state index contributed by atoms with van der Waals surface area (Å²) in [6, 6.07) is 9.42. The molecule has 0 aromatic heterocycles. The molecule has 0 amide bonds. The number of benzene rings is 1. The number of fused-ring (bicyclic) bond motifs is 4. The molecule has 1 fully saturated rings. The molecule has 110 valence electrons. The first-order valence-electron chi connectivity index (χ1n) is 7.77. The van der Waals surface area contributed by atoms with E-state index in [-0.39, 0.29) is 0 Å². The molecule has 0 spiro atoms. The summed E-state index contributed by atoms with van der Waals surface area (Å²) in [6.45, 7) is 1.04. The van der Waals surface area contributed by atoms with Crippen LogP contribution in [-0.4, -0.2) is 37.5 Å². The van der Waals surface area contributed by atoms with Gasteiger partial charge in [-0.3, -0.25) is 0 Å². The van der Waals surface area contributed by atoms with Crippen molar-refractivity contribution in [2.24, 2.45) is 5.92 Å². The molecular weight excluding hydrogens is 250 g/mol. The second-order valence-corrected chi connectivity index (χ2v) is 6.24. The van der Waals surface area contributed by atoms with Gasteiger partial charge in [0.05, 0.1) is 12.7 Å². The number of hydrogen-bond acceptors (Lipinski definition) is 3. The van der Waals surface area contributed by atoms with E-state index in [1.54, 1.807) is 7.11 Å². The summed E-state index contributed by atoms with van der Waals surface area (Å²) >= 11 is 0. The molecule has 3 rings (SSSR count). The standard InChI is InChI=1S/C17H25NO2/c1-20-11-14(19)10-18-17-13-6-4-8-16(17)15-7-3-2-5-12(15)9-13/h2-3,5,7,13-14,16-19H,4,6,8-11H2,1H3/t13-,14+,16-,17+/m0/s1. The summed E-state index contributed by atoms with van der Waals surface area (Å²) in [7, 11) is 1.63. The van der Waals surface area contributed by atoms with E-state index in [0.29, 0.717) is 25.1 Å². The van der Waals surface area contributed by atoms with E-state index in [1.807, 2.05) is 0 Å². The topological polar surface area (TPSA) is 41.5 Å². The Kier molecular flexibility index (Phi) is 4.39. The number of aliphatic hydroxyl groups excluding tert-OH is 1. The molecule has 20 heavy (non-hydrogen) atoms. The predicted octanol–water partition coefficient (Wildman–Crippen LogP) is 2.09. The van der Waals surface area contributed by atoms with Crippen molar-refractivity contribution in [3.63, 3.8) is 0 Å². The summed E-state index contributed by atoms with van der Waals surface area (Å²) in [5, 5.41) is 13.5. The van der Waals surface area contributed by atoms with Gasteiger partial charge in [0.25, 0.3) is 0 Å². The van der Waals surface area contributed by atoms with E-state index in [1.165, 1.54) is 36.8 Å². The van der Waals surface area contributed by atoms with Gasteiger partial charge in [-0.05, 0) is 42.2 Å². The highest BCUT2D eigenvalue weighted by atomic mass is 16.5. The van der Waals surface area contributed by atoms with Gasteiger partial charge in [0.2, 0.25) is 0 Å². The average Bonchev–Trinajstić information content (AvgIpc) is 2.45. The molecule has 1 aromatic carbocycles. The molecule has 0 heterocycles. The quantitative estimate of drug-likeness (QED) is 0.864. The average molecular weight is 275 g/mol. The molecule has 3 nitrogen and oxygen atoms in total. The Labute approximate surface area is 121 Å². The third-order valence-corrected chi connectivity index (χ3v) is 4.92. The van der Waals surface area contributed by atoms with Crippen LogP contribution in [0.4, 0.5) is 0 Å². The van der Waals surface area contributed by atoms with Gasteiger partial charge in [0, 0.05) is 19.7 Å². The minimum Gasteiger partial charge on any atom is -0.389 e. The monoisotopic (exact) mass is 275 g/mol. The smallest absolute Gasteiger partial charge is 0.0897 e. The Bertz CT molecular complexity index is 448. The minimum absolute atomic E-state index is 0.405. The molecule has 1 saturated carbocycles. The van der Waals surface area contributed by atoms with E-state index in [4.69, 9.17) is 4.74 Å². The molecule has 2 aliphatic rings. The minimum atomic E-state index is -0.405. The zero-order valence-corrected chi connectivity index (χ0v) is 12.2. The van der Waals surface area contributed by atoms with E-state index in [2.05, 4.69) is 29.6 Å². The molecule has 2 aliphatic carbocycles. The van der Waals surface area contributed by atoms with E-state index in [0.717, 1.165) is 5.92 Å². The predicted molar refractivity (Wildman–Crippen MR) is 79.9 cm³/mol. The number of rotatable bonds is 5. The van der Waals surface area contributed by atoms with Crippen molar-refractivity contribution in [2.75, 3.05) is 20.3 Å². The number of ether oxygens (including phenoxy) is 1. The van der Waals surface area contributed by atoms with Crippen molar-refractivity contribution >= 4 is 0 Å². The van der Waals surface area contributed by atoms with Crippen LogP contribution in [0.1, 0.15) is 36.3 Å². The molecule has 0 unspecified atom stereocenters. The number of nitrogens with one attached hydrogen (secondary N) is 1. The van der Waals surface area contributed by atoms with E-state index >= 15 is 0 Å². The molecule has 2 bridgehead atoms. The van der Waals surface area contributed by atoms with Gasteiger partial charge in [0.1, 0.15) is 0 Å². The summed E-state index contributed by atoms with van der Waals surface area (Å²) in [4.78, 5) is 0. The lowest BCUT2D eigenvalue weighted by Crippen LogP contribution is -2.49. The lowest BCUT2D eigenvalue weighted by atomic mass is 9.66. The number of methoxy groups -OCH3 is 1. The largest absolute Gasteiger partial charge is 0.389 e. The summed E-state index contributed by atoms with van der Waals surface area (Å²) < 4.78 is 5.00. The molecule has 3 heteroatoms. The van der Waals surface area contributed by atoms with Crippen molar-refractivity contribution in [3.05, 3.63) is 35.4 Å². The van der Waals surface area contributed by atoms with Crippen molar-refractivity contribution in [1.82, 2.24) is 5.32 Å². The second kappa shape index (κ2) is 6.25. The zero-order chi connectivity index (χ0) is 13.9. The molecule has 0 aliphatic heterocycles. The van der Waals surface area contributed by atoms with Crippen LogP contribution >= 0.6 is 0 Å². The first-order valence-corrected chi connectivity index (χ1v) is 7.77. The SMILES string of the molecule is COC[C@H](O)CN[C@@H]1[C@H]2CCC[C@H]1c1ccccc1C2. The third-order valence-electron chi connectivity index (χ3n) is 4.92. The van der Waals surface area contributed by atoms with Gasteiger partial charge in [-0.1, -0.05) is 30.7 Å². The first kappa shape index (κ1) is 14.1. The summed E-state index contributed by atoms with van der Waals surface area (Å²) in [5.41, 5.74) is 3.07. The number of hydrogen-bond donors (Lipinski definition) is 2. The van der Waals surface area contributed by atoms with Crippen LogP contribution in [0.2, 0.25) is 0 Å². The van der Waals surface area contributed by atoms with Crippen LogP contribution in [0.3, 0.4) is 0 Å². The molecule has 0 saturated heterocycles. The van der Waals surface area contributed by atoms with Crippen molar-refractivity contribution in [3.8, 4) is 0 Å². The Morgan fingerprint density at radius 3 is 3.05 bits per heavy atom. The van der Waals surface area contributed by atoms with Gasteiger partial charge in [0.15, 0.2) is 0 Å². The van der Waals surface area contributed by atoms with Crippen molar-refractivity contribution in [1.29, 1.82) is 0 Å². The van der Waals surface area contributed by atoms with Gasteiger partial charge in [-0.2, -0.15) is 0 Å². The number of aliphatic hydroxyl groups is 1. The van der Waals surface area contributed by atoms with Crippen LogP contribution in [0, 0.1) is 5.92 Å². The fraction of sp³-hybridized carbons (Fsp3) is 0.647. The molecule has 2 N–H and O–H groups in total. The van der Waals surface area contributed by atoms with Gasteiger partial charge >= 0.3 is 0 Å². The lowest BCUT2D eigenvalue weighted by molar-refractivity contribution is 0.0576. The lowest BCUT2D eigenvalue weighted by Gasteiger charge is -2.44. The van der Waals surface area contributed by atoms with Crippen LogP contribution in [-0.2, 0) is 11.2 Å². The van der Waals surface area contributed by atoms with E-state index in [9.17, 15) is 5.11 Å². The highest BCUT2D eigenvalue weighted by molar-refractivity contribution is 5.36. The van der Waals surface area contributed by atoms with Gasteiger partial charge in [-0.25, -0.2) is 0 Å². The van der Waals surface area contributed by atoms with Crippen LogP contribution in [0.25, 0.3) is 0 Å². The zero-order valence-electron chi connectivity index (χ0n) is 12.2.